The number of hydrogen-bond donors (Lipinski definition) is 3. The summed E-state index contributed by atoms with van der Waals surface area (Å²) >= 11 is 15.4. The van der Waals surface area contributed by atoms with Crippen LogP contribution < -0.4 is 15.1 Å². The standard InChI is InChI=1S/C15H13Cl2N3O2S.ClH/c1-9-5-6-11(8-13(9)16)19-14(21)18-10-3-2-4-12(7-10)20(17)15(22)23;/h2-8H,1H3,(H,22,23)(H2,18,19,21);1H. The molecule has 0 atom stereocenters. The number of nitrogens with one attached hydrogen (secondary N) is 2. The second-order valence-corrected chi connectivity index (χ2v) is 5.78. The van der Waals surface area contributed by atoms with Crippen LogP contribution in [-0.2, 0) is 0 Å². The van der Waals surface area contributed by atoms with E-state index in [0.717, 1.165) is 9.98 Å². The first kappa shape index (κ1) is 20.4. The van der Waals surface area contributed by atoms with Crippen molar-refractivity contribution in [1.29, 1.82) is 0 Å². The fourth-order valence-electron chi connectivity index (χ4n) is 1.78. The molecule has 0 aliphatic carbocycles. The van der Waals surface area contributed by atoms with E-state index < -0.39 is 11.3 Å². The van der Waals surface area contributed by atoms with Gasteiger partial charge in [0.2, 0.25) is 0 Å². The van der Waals surface area contributed by atoms with Gasteiger partial charge in [0.25, 0.3) is 5.24 Å². The van der Waals surface area contributed by atoms with Crippen molar-refractivity contribution in [2.45, 2.75) is 6.92 Å². The normalized spacial score (nSPS) is 9.67. The first-order valence-electron chi connectivity index (χ1n) is 6.50. The van der Waals surface area contributed by atoms with Crippen molar-refractivity contribution in [1.82, 2.24) is 0 Å². The van der Waals surface area contributed by atoms with Crippen LogP contribution in [0.15, 0.2) is 42.5 Å². The van der Waals surface area contributed by atoms with Crippen LogP contribution in [0, 0.1) is 6.92 Å². The van der Waals surface area contributed by atoms with Crippen LogP contribution in [0.25, 0.3) is 0 Å². The Kier molecular flexibility index (Phi) is 7.69. The topological polar surface area (TPSA) is 61.4 Å². The molecular weight excluding hydrogens is 393 g/mol. The lowest BCUT2D eigenvalue weighted by atomic mass is 10.2. The number of amides is 3. The van der Waals surface area contributed by atoms with Crippen LogP contribution in [0.4, 0.5) is 26.7 Å². The van der Waals surface area contributed by atoms with Gasteiger partial charge in [0.05, 0.1) is 5.69 Å². The Balaban J connectivity index is 0.00000288. The van der Waals surface area contributed by atoms with Gasteiger partial charge in [0, 0.05) is 28.2 Å². The number of halogens is 3. The molecule has 0 aliphatic heterocycles. The molecule has 2 aromatic rings. The number of rotatable bonds is 3. The maximum Gasteiger partial charge on any atom is 0.323 e. The lowest BCUT2D eigenvalue weighted by molar-refractivity contribution is 0.262. The van der Waals surface area contributed by atoms with Crippen LogP contribution in [0.2, 0.25) is 5.02 Å². The molecule has 0 saturated carbocycles. The zero-order valence-corrected chi connectivity index (χ0v) is 15.6. The van der Waals surface area contributed by atoms with Gasteiger partial charge in [-0.25, -0.2) is 9.21 Å². The molecule has 9 heteroatoms. The van der Waals surface area contributed by atoms with Gasteiger partial charge in [-0.15, -0.1) is 12.4 Å². The highest BCUT2D eigenvalue weighted by Gasteiger charge is 2.10. The van der Waals surface area contributed by atoms with Gasteiger partial charge in [-0.1, -0.05) is 36.4 Å². The summed E-state index contributed by atoms with van der Waals surface area (Å²) in [4.78, 5) is 23.1. The van der Waals surface area contributed by atoms with E-state index in [1.165, 1.54) is 0 Å². The molecule has 2 rings (SSSR count). The van der Waals surface area contributed by atoms with E-state index in [2.05, 4.69) is 23.3 Å². The number of nitrogens with zero attached hydrogens (tertiary/aromatic N) is 1. The lowest BCUT2D eigenvalue weighted by Gasteiger charge is -2.13. The zero-order valence-electron chi connectivity index (χ0n) is 12.4. The largest absolute Gasteiger partial charge is 0.323 e. The molecule has 0 aliphatic rings. The molecule has 0 heterocycles. The van der Waals surface area contributed by atoms with Gasteiger partial charge >= 0.3 is 6.03 Å². The summed E-state index contributed by atoms with van der Waals surface area (Å²) in [7, 11) is 0. The summed E-state index contributed by atoms with van der Waals surface area (Å²) in [5, 5.41) is 5.25. The van der Waals surface area contributed by atoms with Crippen molar-refractivity contribution in [3.8, 4) is 0 Å². The van der Waals surface area contributed by atoms with Crippen LogP contribution >= 0.6 is 48.4 Å². The zero-order chi connectivity index (χ0) is 17.0. The van der Waals surface area contributed by atoms with E-state index in [0.29, 0.717) is 22.1 Å². The Labute approximate surface area is 161 Å². The molecule has 0 fully saturated rings. The van der Waals surface area contributed by atoms with E-state index in [1.807, 2.05) is 13.0 Å². The highest BCUT2D eigenvalue weighted by Crippen LogP contribution is 2.23. The van der Waals surface area contributed by atoms with Crippen molar-refractivity contribution < 1.29 is 9.59 Å². The van der Waals surface area contributed by atoms with Crippen molar-refractivity contribution in [2.75, 3.05) is 15.1 Å². The summed E-state index contributed by atoms with van der Waals surface area (Å²) in [6, 6.07) is 11.2. The predicted molar refractivity (Wildman–Crippen MR) is 105 cm³/mol. The Morgan fingerprint density at radius 2 is 1.71 bits per heavy atom. The maximum absolute atomic E-state index is 12.0. The molecule has 0 bridgehead atoms. The Morgan fingerprint density at radius 1 is 1.08 bits per heavy atom. The van der Waals surface area contributed by atoms with Crippen LogP contribution in [0.1, 0.15) is 5.56 Å². The van der Waals surface area contributed by atoms with E-state index >= 15 is 0 Å². The third-order valence-corrected chi connectivity index (χ3v) is 4.00. The molecule has 0 saturated heterocycles. The monoisotopic (exact) mass is 405 g/mol. The minimum atomic E-state index is -0.623. The highest BCUT2D eigenvalue weighted by atomic mass is 35.5. The van der Waals surface area contributed by atoms with Crippen molar-refractivity contribution in [3.63, 3.8) is 0 Å². The second kappa shape index (κ2) is 9.03. The first-order chi connectivity index (χ1) is 10.9. The van der Waals surface area contributed by atoms with Gasteiger partial charge in [0.1, 0.15) is 0 Å². The SMILES string of the molecule is Cc1ccc(NC(=O)Nc2cccc(N(Cl)C(=O)S)c2)cc1Cl.Cl. The number of urea groups is 1. The number of anilines is 3. The molecule has 0 spiro atoms. The van der Waals surface area contributed by atoms with Crippen molar-refractivity contribution in [3.05, 3.63) is 53.1 Å². The van der Waals surface area contributed by atoms with Crippen molar-refractivity contribution in [2.24, 2.45) is 0 Å². The summed E-state index contributed by atoms with van der Waals surface area (Å²) in [6.45, 7) is 1.87. The molecule has 0 aromatic heterocycles. The average Bonchev–Trinajstić information content (AvgIpc) is 2.50. The minimum absolute atomic E-state index is 0. The number of thiol groups is 1. The van der Waals surface area contributed by atoms with E-state index in [4.69, 9.17) is 23.4 Å². The lowest BCUT2D eigenvalue weighted by Crippen LogP contribution is -2.20. The first-order valence-corrected chi connectivity index (χ1v) is 7.66. The maximum atomic E-state index is 12.0. The Morgan fingerprint density at radius 3 is 2.29 bits per heavy atom. The summed E-state index contributed by atoms with van der Waals surface area (Å²) < 4.78 is 0.839. The molecule has 0 radical (unpaired) electrons. The molecule has 2 N–H and O–H groups in total. The predicted octanol–water partition coefficient (Wildman–Crippen LogP) is 5.72. The van der Waals surface area contributed by atoms with Crippen molar-refractivity contribution >= 4 is 76.7 Å². The highest BCUT2D eigenvalue weighted by molar-refractivity contribution is 7.97. The summed E-state index contributed by atoms with van der Waals surface area (Å²) in [6.07, 6.45) is 0. The number of hydrogen-bond acceptors (Lipinski definition) is 2. The smallest absolute Gasteiger partial charge is 0.308 e. The van der Waals surface area contributed by atoms with E-state index in [9.17, 15) is 9.59 Å². The quantitative estimate of drug-likeness (QED) is 0.450. The Bertz CT molecular complexity index is 758. The fraction of sp³-hybridized carbons (Fsp3) is 0.0667. The summed E-state index contributed by atoms with van der Waals surface area (Å²) in [5.74, 6) is 0. The molecule has 2 aromatic carbocycles. The third kappa shape index (κ3) is 5.49. The number of carbonyl (C=O) groups excluding carboxylic acids is 2. The molecule has 3 amide bonds. The number of carbonyl (C=O) groups is 2. The van der Waals surface area contributed by atoms with Crippen LogP contribution in [-0.4, -0.2) is 11.3 Å². The summed E-state index contributed by atoms with van der Waals surface area (Å²) in [5.41, 5.74) is 2.35. The minimum Gasteiger partial charge on any atom is -0.308 e. The van der Waals surface area contributed by atoms with Gasteiger partial charge in [-0.05, 0) is 42.8 Å². The molecule has 128 valence electrons. The molecule has 0 unspecified atom stereocenters. The van der Waals surface area contributed by atoms with E-state index in [1.54, 1.807) is 36.4 Å². The van der Waals surface area contributed by atoms with Gasteiger partial charge in [-0.3, -0.25) is 4.79 Å². The number of aryl methyl sites for hydroxylation is 1. The van der Waals surface area contributed by atoms with Gasteiger partial charge in [0.15, 0.2) is 0 Å². The van der Waals surface area contributed by atoms with Crippen LogP contribution in [0.3, 0.4) is 0 Å². The molecule has 24 heavy (non-hydrogen) atoms. The van der Waals surface area contributed by atoms with Gasteiger partial charge < -0.3 is 10.6 Å². The average molecular weight is 407 g/mol. The molecule has 5 nitrogen and oxygen atoms in total. The molecular formula is C15H14Cl3N3O2S. The van der Waals surface area contributed by atoms with Crippen LogP contribution in [0.5, 0.6) is 0 Å². The van der Waals surface area contributed by atoms with E-state index in [-0.39, 0.29) is 12.4 Å². The Hall–Kier alpha value is -1.60. The number of benzene rings is 2. The van der Waals surface area contributed by atoms with Gasteiger partial charge in [-0.2, -0.15) is 0 Å². The fourth-order valence-corrected chi connectivity index (χ4v) is 2.18. The second-order valence-electron chi connectivity index (χ2n) is 4.66. The third-order valence-electron chi connectivity index (χ3n) is 2.93.